The molecule has 0 atom stereocenters. The number of benzene rings is 1. The monoisotopic (exact) mass is 353 g/mol. The Labute approximate surface area is 145 Å². The molecule has 1 aromatic carbocycles. The average molecular weight is 353 g/mol. The molecular weight excluding hydrogens is 330 g/mol. The Morgan fingerprint density at radius 3 is 1.32 bits per heavy atom. The molecule has 0 fully saturated rings. The molecule has 138 valence electrons. The van der Waals surface area contributed by atoms with E-state index in [1.165, 1.54) is 12.1 Å². The largest absolute Gasteiger partial charge is 0.465 e. The van der Waals surface area contributed by atoms with Crippen molar-refractivity contribution in [3.63, 3.8) is 0 Å². The first-order valence-electron chi connectivity index (χ1n) is 7.85. The van der Waals surface area contributed by atoms with Gasteiger partial charge in [-0.25, -0.2) is 14.4 Å². The van der Waals surface area contributed by atoms with Crippen LogP contribution in [0.2, 0.25) is 0 Å². The van der Waals surface area contributed by atoms with Gasteiger partial charge in [0.2, 0.25) is 0 Å². The second-order valence-corrected chi connectivity index (χ2v) is 5.19. The lowest BCUT2D eigenvalue weighted by molar-refractivity contribution is 0.201. The molecule has 3 amide bonds. The van der Waals surface area contributed by atoms with Crippen molar-refractivity contribution in [2.75, 3.05) is 34.3 Å². The minimum Gasteiger partial charge on any atom is -0.465 e. The van der Waals surface area contributed by atoms with Gasteiger partial charge in [0, 0.05) is 19.6 Å². The lowest BCUT2D eigenvalue weighted by atomic mass is 10.1. The Bertz CT molecular complexity index is 633. The molecule has 3 N–H and O–H groups in total. The molecule has 1 aromatic rings. The van der Waals surface area contributed by atoms with Gasteiger partial charge < -0.3 is 15.3 Å². The highest BCUT2D eigenvalue weighted by Gasteiger charge is 2.25. The maximum atomic E-state index is 11.5. The maximum absolute atomic E-state index is 11.5. The quantitative estimate of drug-likeness (QED) is 0.719. The van der Waals surface area contributed by atoms with Crippen LogP contribution in [0.1, 0.15) is 26.3 Å². The van der Waals surface area contributed by atoms with Crippen molar-refractivity contribution in [2.24, 2.45) is 0 Å². The number of carbonyl (C=O) groups is 3. The summed E-state index contributed by atoms with van der Waals surface area (Å²) in [6.45, 7) is 6.94. The summed E-state index contributed by atoms with van der Waals surface area (Å²) in [4.78, 5) is 37.6. The van der Waals surface area contributed by atoms with Gasteiger partial charge in [0.05, 0.1) is 17.1 Å². The number of hydrogen-bond acceptors (Lipinski definition) is 3. The molecule has 9 heteroatoms. The molecule has 0 aliphatic rings. The molecular formula is C16H23N3O6. The van der Waals surface area contributed by atoms with Crippen LogP contribution in [-0.4, -0.2) is 53.2 Å². The Morgan fingerprint density at radius 2 is 1.08 bits per heavy atom. The highest BCUT2D eigenvalue weighted by atomic mass is 16.4. The summed E-state index contributed by atoms with van der Waals surface area (Å²) in [5.41, 5.74) is 1.16. The summed E-state index contributed by atoms with van der Waals surface area (Å²) in [6.07, 6.45) is -3.61. The van der Waals surface area contributed by atoms with Gasteiger partial charge in [-0.2, -0.15) is 0 Å². The van der Waals surface area contributed by atoms with Crippen LogP contribution in [0.25, 0.3) is 0 Å². The van der Waals surface area contributed by atoms with Crippen molar-refractivity contribution in [3.8, 4) is 0 Å². The molecule has 0 aliphatic carbocycles. The summed E-state index contributed by atoms with van der Waals surface area (Å²) < 4.78 is 0. The van der Waals surface area contributed by atoms with Gasteiger partial charge in [0.25, 0.3) is 0 Å². The highest BCUT2D eigenvalue weighted by molar-refractivity contribution is 5.96. The van der Waals surface area contributed by atoms with Crippen LogP contribution < -0.4 is 14.7 Å². The Kier molecular flexibility index (Phi) is 6.60. The summed E-state index contributed by atoms with van der Waals surface area (Å²) in [7, 11) is 0. The first-order valence-corrected chi connectivity index (χ1v) is 7.85. The lowest BCUT2D eigenvalue weighted by Crippen LogP contribution is -2.34. The SMILES string of the molecule is CCN(C(=O)O)c1cc(N(CC)C(=O)O)c(C)c(N(CC)C(=O)O)c1. The number of hydrogen-bond donors (Lipinski definition) is 3. The summed E-state index contributed by atoms with van der Waals surface area (Å²) in [5, 5.41) is 28.2. The van der Waals surface area contributed by atoms with Crippen LogP contribution in [0.5, 0.6) is 0 Å². The van der Waals surface area contributed by atoms with Gasteiger partial charge in [-0.15, -0.1) is 0 Å². The Morgan fingerprint density at radius 1 is 0.760 bits per heavy atom. The Hall–Kier alpha value is -2.97. The highest BCUT2D eigenvalue weighted by Crippen LogP contribution is 2.35. The topological polar surface area (TPSA) is 122 Å². The predicted molar refractivity (Wildman–Crippen MR) is 94.3 cm³/mol. The van der Waals surface area contributed by atoms with E-state index in [0.29, 0.717) is 5.56 Å². The van der Waals surface area contributed by atoms with Crippen molar-refractivity contribution >= 4 is 35.3 Å². The van der Waals surface area contributed by atoms with Crippen LogP contribution >= 0.6 is 0 Å². The fourth-order valence-electron chi connectivity index (χ4n) is 2.63. The molecule has 0 saturated carbocycles. The van der Waals surface area contributed by atoms with Gasteiger partial charge in [-0.1, -0.05) is 0 Å². The fraction of sp³-hybridized carbons (Fsp3) is 0.438. The minimum atomic E-state index is -1.21. The number of carboxylic acid groups (broad SMARTS) is 3. The second kappa shape index (κ2) is 8.22. The maximum Gasteiger partial charge on any atom is 0.411 e. The molecule has 0 radical (unpaired) electrons. The van der Waals surface area contributed by atoms with E-state index < -0.39 is 18.3 Å². The molecule has 1 rings (SSSR count). The van der Waals surface area contributed by atoms with Crippen molar-refractivity contribution in [2.45, 2.75) is 27.7 Å². The van der Waals surface area contributed by atoms with E-state index in [2.05, 4.69) is 0 Å². The van der Waals surface area contributed by atoms with Gasteiger partial charge in [0.15, 0.2) is 0 Å². The van der Waals surface area contributed by atoms with Gasteiger partial charge >= 0.3 is 18.3 Å². The third kappa shape index (κ3) is 4.11. The first-order chi connectivity index (χ1) is 11.7. The zero-order chi connectivity index (χ0) is 19.3. The molecule has 0 aromatic heterocycles. The van der Waals surface area contributed by atoms with E-state index in [0.717, 1.165) is 14.7 Å². The standard InChI is InChI=1S/C16H23N3O6/c1-5-17(14(20)21)11-8-12(18(6-2)15(22)23)10(4)13(9-11)19(7-3)16(24)25/h8-9H,5-7H2,1-4H3,(H,20,21)(H,22,23)(H,24,25). The first kappa shape index (κ1) is 20.1. The van der Waals surface area contributed by atoms with E-state index in [9.17, 15) is 29.7 Å². The minimum absolute atomic E-state index is 0.135. The summed E-state index contributed by atoms with van der Waals surface area (Å²) in [5.74, 6) is 0. The van der Waals surface area contributed by atoms with Crippen LogP contribution in [0, 0.1) is 6.92 Å². The van der Waals surface area contributed by atoms with E-state index in [1.54, 1.807) is 27.7 Å². The van der Waals surface area contributed by atoms with Crippen LogP contribution in [-0.2, 0) is 0 Å². The zero-order valence-electron chi connectivity index (χ0n) is 14.7. The fourth-order valence-corrected chi connectivity index (χ4v) is 2.63. The van der Waals surface area contributed by atoms with E-state index in [4.69, 9.17) is 0 Å². The molecule has 0 spiro atoms. The molecule has 9 nitrogen and oxygen atoms in total. The molecule has 0 bridgehead atoms. The molecule has 0 saturated heterocycles. The number of rotatable bonds is 6. The predicted octanol–water partition coefficient (Wildman–Crippen LogP) is 3.51. The van der Waals surface area contributed by atoms with Crippen molar-refractivity contribution < 1.29 is 29.7 Å². The smallest absolute Gasteiger partial charge is 0.411 e. The van der Waals surface area contributed by atoms with Gasteiger partial charge in [0.1, 0.15) is 0 Å². The van der Waals surface area contributed by atoms with Crippen LogP contribution in [0.3, 0.4) is 0 Å². The van der Waals surface area contributed by atoms with Gasteiger partial charge in [-0.05, 0) is 45.4 Å². The summed E-state index contributed by atoms with van der Waals surface area (Å²) >= 11 is 0. The summed E-state index contributed by atoms with van der Waals surface area (Å²) in [6, 6.07) is 2.90. The Balaban J connectivity index is 3.74. The van der Waals surface area contributed by atoms with Crippen LogP contribution in [0.15, 0.2) is 12.1 Å². The van der Waals surface area contributed by atoms with E-state index >= 15 is 0 Å². The lowest BCUT2D eigenvalue weighted by Gasteiger charge is -2.28. The van der Waals surface area contributed by atoms with E-state index in [-0.39, 0.29) is 36.7 Å². The molecule has 0 aliphatic heterocycles. The molecule has 25 heavy (non-hydrogen) atoms. The number of nitrogens with zero attached hydrogens (tertiary/aromatic N) is 3. The van der Waals surface area contributed by atoms with Crippen molar-refractivity contribution in [3.05, 3.63) is 17.7 Å². The third-order valence-corrected chi connectivity index (χ3v) is 3.87. The average Bonchev–Trinajstić information content (AvgIpc) is 2.52. The number of anilines is 3. The third-order valence-electron chi connectivity index (χ3n) is 3.87. The molecule has 0 unspecified atom stereocenters. The van der Waals surface area contributed by atoms with Crippen LogP contribution in [0.4, 0.5) is 31.4 Å². The second-order valence-electron chi connectivity index (χ2n) is 5.19. The van der Waals surface area contributed by atoms with Crippen molar-refractivity contribution in [1.82, 2.24) is 0 Å². The van der Waals surface area contributed by atoms with E-state index in [1.807, 2.05) is 0 Å². The van der Waals surface area contributed by atoms with Crippen molar-refractivity contribution in [1.29, 1.82) is 0 Å². The number of amides is 3. The zero-order valence-corrected chi connectivity index (χ0v) is 14.7. The normalized spacial score (nSPS) is 10.2. The molecule has 0 heterocycles. The van der Waals surface area contributed by atoms with Gasteiger partial charge in [-0.3, -0.25) is 14.7 Å².